The van der Waals surface area contributed by atoms with E-state index in [1.165, 1.54) is 23.9 Å². The Morgan fingerprint density at radius 2 is 1.44 bits per heavy atom. The van der Waals surface area contributed by atoms with Gasteiger partial charge in [0, 0.05) is 46.3 Å². The minimum atomic E-state index is -4.68. The normalized spacial score (nSPS) is 16.3. The van der Waals surface area contributed by atoms with Crippen molar-refractivity contribution in [3.05, 3.63) is 41.6 Å². The number of aromatic nitrogens is 2. The maximum absolute atomic E-state index is 13.2. The van der Waals surface area contributed by atoms with E-state index >= 15 is 0 Å². The number of hydrogen-bond acceptors (Lipinski definition) is 6. The first-order chi connectivity index (χ1) is 14.7. The minimum absolute atomic E-state index is 0.00798. The smallest absolute Gasteiger partial charge is 0.363 e. The number of hydrogen-bond donors (Lipinski definition) is 0. The molecule has 1 aliphatic rings. The lowest BCUT2D eigenvalue weighted by molar-refractivity contribution is -0.141. The Morgan fingerprint density at radius 3 is 1.91 bits per heavy atom. The third-order valence-electron chi connectivity index (χ3n) is 4.79. The molecule has 0 bridgehead atoms. The summed E-state index contributed by atoms with van der Waals surface area (Å²) in [5.41, 5.74) is -2.09. The van der Waals surface area contributed by atoms with Gasteiger partial charge in [0.1, 0.15) is 5.82 Å². The van der Waals surface area contributed by atoms with E-state index in [9.17, 15) is 34.8 Å². The van der Waals surface area contributed by atoms with Crippen LogP contribution < -0.4 is 9.80 Å². The number of nitrogens with zero attached hydrogens (tertiary/aromatic N) is 5. The van der Waals surface area contributed by atoms with Gasteiger partial charge in [0.05, 0.1) is 10.5 Å². The summed E-state index contributed by atoms with van der Waals surface area (Å²) in [4.78, 5) is 10.2. The summed E-state index contributed by atoms with van der Waals surface area (Å²) in [6, 6.07) is 3.94. The second-order valence-electron chi connectivity index (χ2n) is 7.22. The van der Waals surface area contributed by atoms with E-state index in [-0.39, 0.29) is 42.8 Å². The summed E-state index contributed by atoms with van der Waals surface area (Å²) in [5.74, 6) is -0.141. The molecule has 7 nitrogen and oxygen atoms in total. The van der Waals surface area contributed by atoms with E-state index in [1.807, 2.05) is 0 Å². The Kier molecular flexibility index (Phi) is 6.30. The largest absolute Gasteiger partial charge is 0.433 e. The fourth-order valence-electron chi connectivity index (χ4n) is 3.03. The lowest BCUT2D eigenvalue weighted by atomic mass is 10.2. The Morgan fingerprint density at radius 1 is 0.875 bits per heavy atom. The van der Waals surface area contributed by atoms with Gasteiger partial charge in [-0.2, -0.15) is 35.6 Å². The van der Waals surface area contributed by atoms with Gasteiger partial charge in [0.15, 0.2) is 5.69 Å². The number of halogens is 6. The molecule has 0 saturated carbocycles. The molecule has 2 aromatic rings. The van der Waals surface area contributed by atoms with E-state index in [4.69, 9.17) is 0 Å². The first-order valence-corrected chi connectivity index (χ1v) is 10.7. The van der Waals surface area contributed by atoms with E-state index in [0.29, 0.717) is 12.1 Å². The van der Waals surface area contributed by atoms with Crippen molar-refractivity contribution < 1.29 is 34.8 Å². The first kappa shape index (κ1) is 24.0. The van der Waals surface area contributed by atoms with Crippen molar-refractivity contribution in [2.45, 2.75) is 17.2 Å². The molecule has 1 aliphatic heterocycles. The van der Waals surface area contributed by atoms with Gasteiger partial charge in [-0.05, 0) is 24.3 Å². The predicted molar refractivity (Wildman–Crippen MR) is 104 cm³/mol. The fraction of sp³-hybridized carbons (Fsp3) is 0.444. The average molecular weight is 483 g/mol. The molecule has 32 heavy (non-hydrogen) atoms. The molecule has 0 atom stereocenters. The van der Waals surface area contributed by atoms with Crippen LogP contribution in [0.4, 0.5) is 38.1 Å². The molecule has 0 radical (unpaired) electrons. The van der Waals surface area contributed by atoms with Crippen LogP contribution in [-0.4, -0.2) is 63.0 Å². The monoisotopic (exact) mass is 483 g/mol. The van der Waals surface area contributed by atoms with Crippen molar-refractivity contribution in [3.63, 3.8) is 0 Å². The first-order valence-electron chi connectivity index (χ1n) is 9.25. The van der Waals surface area contributed by atoms with Crippen LogP contribution in [0.25, 0.3) is 0 Å². The van der Waals surface area contributed by atoms with Gasteiger partial charge in [-0.25, -0.2) is 13.4 Å². The highest BCUT2D eigenvalue weighted by atomic mass is 32.2. The molecular formula is C18H19F6N5O2S. The van der Waals surface area contributed by atoms with Crippen LogP contribution in [0, 0.1) is 0 Å². The van der Waals surface area contributed by atoms with Crippen LogP contribution in [0.5, 0.6) is 0 Å². The molecule has 0 aliphatic carbocycles. The molecule has 176 valence electrons. The van der Waals surface area contributed by atoms with Gasteiger partial charge in [-0.15, -0.1) is 0 Å². The molecule has 1 aromatic carbocycles. The maximum Gasteiger partial charge on any atom is 0.433 e. The van der Waals surface area contributed by atoms with Gasteiger partial charge in [0.2, 0.25) is 16.0 Å². The Labute approximate surface area is 180 Å². The molecule has 1 fully saturated rings. The van der Waals surface area contributed by atoms with E-state index in [2.05, 4.69) is 9.97 Å². The van der Waals surface area contributed by atoms with Crippen LogP contribution in [0.1, 0.15) is 11.3 Å². The fourth-order valence-corrected chi connectivity index (χ4v) is 4.45. The lowest BCUT2D eigenvalue weighted by Crippen LogP contribution is -2.49. The number of rotatable bonds is 4. The Balaban J connectivity index is 1.78. The van der Waals surface area contributed by atoms with Crippen LogP contribution in [0.15, 0.2) is 35.2 Å². The SMILES string of the molecule is CN(C)c1cc(C(F)(F)F)nc(N2CCN(S(=O)(=O)c3ccc(C(F)(F)F)cc3)CC2)n1. The predicted octanol–water partition coefficient (Wildman–Crippen LogP) is 3.09. The number of benzene rings is 1. The van der Waals surface area contributed by atoms with Crippen molar-refractivity contribution in [1.82, 2.24) is 14.3 Å². The zero-order chi connectivity index (χ0) is 23.9. The van der Waals surface area contributed by atoms with E-state index in [1.54, 1.807) is 0 Å². The molecule has 1 saturated heterocycles. The highest BCUT2D eigenvalue weighted by Crippen LogP contribution is 2.32. The van der Waals surface area contributed by atoms with Crippen LogP contribution in [0.3, 0.4) is 0 Å². The van der Waals surface area contributed by atoms with Gasteiger partial charge in [-0.1, -0.05) is 0 Å². The molecule has 0 amide bonds. The van der Waals surface area contributed by atoms with Crippen molar-refractivity contribution in [1.29, 1.82) is 0 Å². The lowest BCUT2D eigenvalue weighted by Gasteiger charge is -2.34. The number of anilines is 2. The van der Waals surface area contributed by atoms with Crippen molar-refractivity contribution in [3.8, 4) is 0 Å². The number of alkyl halides is 6. The standard InChI is InChI=1S/C18H19F6N5O2S/c1-27(2)15-11-14(18(22,23)24)25-16(26-15)28-7-9-29(10-8-28)32(30,31)13-5-3-12(4-6-13)17(19,20)21/h3-6,11H,7-10H2,1-2H3. The Hall–Kier alpha value is -2.61. The molecule has 0 N–H and O–H groups in total. The second kappa shape index (κ2) is 8.39. The van der Waals surface area contributed by atoms with E-state index in [0.717, 1.165) is 22.5 Å². The van der Waals surface area contributed by atoms with Gasteiger partial charge in [0.25, 0.3) is 0 Å². The molecule has 14 heteroatoms. The van der Waals surface area contributed by atoms with Gasteiger partial charge in [-0.3, -0.25) is 0 Å². The summed E-state index contributed by atoms with van der Waals surface area (Å²) in [6.45, 7) is -0.178. The molecular weight excluding hydrogens is 464 g/mol. The average Bonchev–Trinajstić information content (AvgIpc) is 2.72. The number of piperazine rings is 1. The molecule has 1 aromatic heterocycles. The third-order valence-corrected chi connectivity index (χ3v) is 6.70. The minimum Gasteiger partial charge on any atom is -0.363 e. The summed E-state index contributed by atoms with van der Waals surface area (Å²) < 4.78 is 104. The van der Waals surface area contributed by atoms with Crippen LogP contribution in [-0.2, 0) is 22.4 Å². The van der Waals surface area contributed by atoms with E-state index < -0.39 is 33.6 Å². The van der Waals surface area contributed by atoms with Gasteiger partial charge < -0.3 is 9.80 Å². The molecule has 0 spiro atoms. The summed E-state index contributed by atoms with van der Waals surface area (Å²) in [5, 5.41) is 0. The number of sulfonamides is 1. The highest BCUT2D eigenvalue weighted by molar-refractivity contribution is 7.89. The van der Waals surface area contributed by atoms with Crippen molar-refractivity contribution >= 4 is 21.8 Å². The Bertz CT molecular complexity index is 1060. The summed E-state index contributed by atoms with van der Waals surface area (Å²) in [7, 11) is -1.02. The second-order valence-corrected chi connectivity index (χ2v) is 9.15. The zero-order valence-corrected chi connectivity index (χ0v) is 17.8. The van der Waals surface area contributed by atoms with Crippen LogP contribution in [0.2, 0.25) is 0 Å². The van der Waals surface area contributed by atoms with Crippen molar-refractivity contribution in [2.24, 2.45) is 0 Å². The quantitative estimate of drug-likeness (QED) is 0.623. The topological polar surface area (TPSA) is 69.6 Å². The van der Waals surface area contributed by atoms with Crippen LogP contribution >= 0.6 is 0 Å². The highest BCUT2D eigenvalue weighted by Gasteiger charge is 2.36. The maximum atomic E-state index is 13.2. The summed E-state index contributed by atoms with van der Waals surface area (Å²) >= 11 is 0. The van der Waals surface area contributed by atoms with Gasteiger partial charge >= 0.3 is 12.4 Å². The zero-order valence-electron chi connectivity index (χ0n) is 16.9. The summed E-state index contributed by atoms with van der Waals surface area (Å²) in [6.07, 6.45) is -9.28. The molecule has 3 rings (SSSR count). The van der Waals surface area contributed by atoms with Crippen molar-refractivity contribution in [2.75, 3.05) is 50.1 Å². The molecule has 0 unspecified atom stereocenters. The third kappa shape index (κ3) is 5.06. The molecule has 2 heterocycles.